The molecular weight excluding hydrogens is 352 g/mol. The number of anilines is 1. The van der Waals surface area contributed by atoms with Gasteiger partial charge in [0.2, 0.25) is 5.82 Å². The monoisotopic (exact) mass is 364 g/mol. The van der Waals surface area contributed by atoms with Crippen molar-refractivity contribution in [2.45, 2.75) is 18.6 Å². The Bertz CT molecular complexity index is 892. The van der Waals surface area contributed by atoms with Crippen LogP contribution < -0.4 is 5.32 Å². The number of imidazole rings is 1. The number of nitrogens with zero attached hydrogens (tertiary/aromatic N) is 3. The number of halogens is 1. The van der Waals surface area contributed by atoms with Crippen LogP contribution in [-0.2, 0) is 4.74 Å². The molecule has 3 heterocycles. The first-order chi connectivity index (χ1) is 11.6. The Kier molecular flexibility index (Phi) is 3.87. The van der Waals surface area contributed by atoms with Gasteiger partial charge in [0, 0.05) is 17.0 Å². The van der Waals surface area contributed by atoms with Gasteiger partial charge in [-0.25, -0.2) is 0 Å². The topological polar surface area (TPSA) is 81.7 Å². The van der Waals surface area contributed by atoms with Crippen LogP contribution in [0.15, 0.2) is 35.8 Å². The summed E-state index contributed by atoms with van der Waals surface area (Å²) >= 11 is 7.29. The number of thiazole rings is 1. The zero-order chi connectivity index (χ0) is 16.7. The van der Waals surface area contributed by atoms with Gasteiger partial charge >= 0.3 is 5.82 Å². The van der Waals surface area contributed by atoms with Crippen molar-refractivity contribution < 1.29 is 9.66 Å². The van der Waals surface area contributed by atoms with Crippen molar-refractivity contribution in [1.82, 2.24) is 9.38 Å². The van der Waals surface area contributed by atoms with Crippen molar-refractivity contribution in [3.63, 3.8) is 0 Å². The average Bonchev–Trinajstić information content (AvgIpc) is 3.23. The van der Waals surface area contributed by atoms with Crippen LogP contribution in [0.5, 0.6) is 0 Å². The molecule has 1 aliphatic rings. The lowest BCUT2D eigenvalue weighted by atomic mass is 10.0. The van der Waals surface area contributed by atoms with Gasteiger partial charge in [0.05, 0.1) is 6.04 Å². The van der Waals surface area contributed by atoms with Gasteiger partial charge in [-0.2, -0.15) is 9.38 Å². The normalized spacial score (nSPS) is 20.5. The summed E-state index contributed by atoms with van der Waals surface area (Å²) in [6.07, 6.45) is 2.20. The third kappa shape index (κ3) is 2.62. The second-order valence-electron chi connectivity index (χ2n) is 5.48. The molecule has 0 spiro atoms. The molecule has 1 aromatic carbocycles. The lowest BCUT2D eigenvalue weighted by Crippen LogP contribution is -2.23. The third-order valence-electron chi connectivity index (χ3n) is 4.02. The smallest absolute Gasteiger partial charge is 0.371 e. The molecule has 0 radical (unpaired) electrons. The fraction of sp³-hybridized carbons (Fsp3) is 0.267. The number of nitrogens with one attached hydrogen (secondary N) is 1. The first-order valence-electron chi connectivity index (χ1n) is 7.37. The Labute approximate surface area is 146 Å². The zero-order valence-electron chi connectivity index (χ0n) is 12.4. The maximum Gasteiger partial charge on any atom is 0.372 e. The molecule has 7 nitrogen and oxygen atoms in total. The van der Waals surface area contributed by atoms with E-state index in [1.165, 1.54) is 15.7 Å². The van der Waals surface area contributed by atoms with Crippen molar-refractivity contribution >= 4 is 39.5 Å². The fourth-order valence-corrected chi connectivity index (χ4v) is 3.77. The average molecular weight is 365 g/mol. The van der Waals surface area contributed by atoms with E-state index in [0.29, 0.717) is 16.6 Å². The molecule has 1 saturated heterocycles. The van der Waals surface area contributed by atoms with E-state index in [4.69, 9.17) is 16.3 Å². The highest BCUT2D eigenvalue weighted by molar-refractivity contribution is 7.15. The molecule has 2 aromatic heterocycles. The van der Waals surface area contributed by atoms with E-state index >= 15 is 0 Å². The van der Waals surface area contributed by atoms with Crippen molar-refractivity contribution in [3.8, 4) is 0 Å². The number of hydrogen-bond acceptors (Lipinski definition) is 6. The van der Waals surface area contributed by atoms with E-state index in [-0.39, 0.29) is 23.8 Å². The quantitative estimate of drug-likeness (QED) is 0.560. The molecule has 0 amide bonds. The van der Waals surface area contributed by atoms with Crippen LogP contribution in [0.2, 0.25) is 5.02 Å². The van der Waals surface area contributed by atoms with Gasteiger partial charge in [-0.1, -0.05) is 35.1 Å². The summed E-state index contributed by atoms with van der Waals surface area (Å²) in [5.74, 6) is 0.231. The van der Waals surface area contributed by atoms with E-state index in [9.17, 15) is 10.1 Å². The Balaban J connectivity index is 1.64. The lowest BCUT2D eigenvalue weighted by Gasteiger charge is -2.20. The van der Waals surface area contributed by atoms with Crippen molar-refractivity contribution in [3.05, 3.63) is 56.5 Å². The van der Waals surface area contributed by atoms with Gasteiger partial charge in [0.15, 0.2) is 0 Å². The van der Waals surface area contributed by atoms with Crippen LogP contribution >= 0.6 is 22.9 Å². The highest BCUT2D eigenvalue weighted by Crippen LogP contribution is 2.35. The minimum Gasteiger partial charge on any atom is -0.371 e. The number of nitro groups is 1. The number of rotatable bonds is 4. The van der Waals surface area contributed by atoms with Crippen LogP contribution in [0.3, 0.4) is 0 Å². The van der Waals surface area contributed by atoms with E-state index < -0.39 is 4.92 Å². The van der Waals surface area contributed by atoms with Crippen LogP contribution in [-0.4, -0.2) is 27.0 Å². The molecule has 0 aliphatic carbocycles. The summed E-state index contributed by atoms with van der Waals surface area (Å²) < 4.78 is 7.30. The molecule has 0 unspecified atom stereocenters. The molecule has 1 fully saturated rings. The lowest BCUT2D eigenvalue weighted by molar-refractivity contribution is -0.389. The number of fused-ring (bicyclic) bond motifs is 1. The van der Waals surface area contributed by atoms with Gasteiger partial charge in [0.1, 0.15) is 12.3 Å². The molecule has 1 aliphatic heterocycles. The van der Waals surface area contributed by atoms with E-state index in [1.807, 2.05) is 24.3 Å². The molecule has 124 valence electrons. The maximum atomic E-state index is 11.4. The summed E-state index contributed by atoms with van der Waals surface area (Å²) in [5, 5.41) is 17.1. The zero-order valence-corrected chi connectivity index (χ0v) is 14.0. The molecule has 4 rings (SSSR count). The van der Waals surface area contributed by atoms with E-state index in [1.54, 1.807) is 11.6 Å². The van der Waals surface area contributed by atoms with Crippen molar-refractivity contribution in [1.29, 1.82) is 0 Å². The number of aromatic nitrogens is 2. The van der Waals surface area contributed by atoms with Crippen LogP contribution in [0.1, 0.15) is 18.1 Å². The molecule has 0 bridgehead atoms. The minimum absolute atomic E-state index is 0.0481. The van der Waals surface area contributed by atoms with Crippen molar-refractivity contribution in [2.75, 3.05) is 11.9 Å². The van der Waals surface area contributed by atoms with Gasteiger partial charge in [-0.3, -0.25) is 0 Å². The second-order valence-corrected chi connectivity index (χ2v) is 6.79. The maximum absolute atomic E-state index is 11.4. The first kappa shape index (κ1) is 15.4. The fourth-order valence-electron chi connectivity index (χ4n) is 2.94. The SMILES string of the molecule is O=[N+]([O-])c1c(N[C@@H]2CCO[C@@H]2c2ccc(Cl)cc2)nc2sccn12. The number of benzene rings is 1. The Morgan fingerprint density at radius 2 is 2.21 bits per heavy atom. The largest absolute Gasteiger partial charge is 0.372 e. The molecule has 2 atom stereocenters. The third-order valence-corrected chi connectivity index (χ3v) is 5.03. The van der Waals surface area contributed by atoms with Gasteiger partial charge in [0.25, 0.3) is 4.96 Å². The van der Waals surface area contributed by atoms with Gasteiger partial charge in [-0.05, 0) is 29.0 Å². The van der Waals surface area contributed by atoms with Crippen LogP contribution in [0, 0.1) is 10.1 Å². The Morgan fingerprint density at radius 3 is 2.96 bits per heavy atom. The summed E-state index contributed by atoms with van der Waals surface area (Å²) in [7, 11) is 0. The Hall–Kier alpha value is -2.16. The second kappa shape index (κ2) is 6.04. The summed E-state index contributed by atoms with van der Waals surface area (Å²) in [6.45, 7) is 0.584. The standard InChI is InChI=1S/C15H13ClN4O3S/c16-10-3-1-9(2-4-10)12-11(5-7-23-12)17-13-14(20(21)22)19-6-8-24-15(19)18-13/h1-4,6,8,11-12,17H,5,7H2/t11-,12-/m1/s1. The molecule has 9 heteroatoms. The molecular formula is C15H13ClN4O3S. The van der Waals surface area contributed by atoms with Gasteiger partial charge in [-0.15, -0.1) is 0 Å². The minimum atomic E-state index is -0.415. The van der Waals surface area contributed by atoms with Crippen LogP contribution in [0.4, 0.5) is 11.6 Å². The Morgan fingerprint density at radius 1 is 1.42 bits per heavy atom. The highest BCUT2D eigenvalue weighted by Gasteiger charge is 2.33. The van der Waals surface area contributed by atoms with Crippen LogP contribution in [0.25, 0.3) is 4.96 Å². The molecule has 3 aromatic rings. The first-order valence-corrected chi connectivity index (χ1v) is 8.63. The number of ether oxygens (including phenoxy) is 1. The summed E-state index contributed by atoms with van der Waals surface area (Å²) in [5.41, 5.74) is 0.984. The van der Waals surface area contributed by atoms with E-state index in [0.717, 1.165) is 12.0 Å². The predicted octanol–water partition coefficient (Wildman–Crippen LogP) is 3.90. The summed E-state index contributed by atoms with van der Waals surface area (Å²) in [6, 6.07) is 7.35. The van der Waals surface area contributed by atoms with E-state index in [2.05, 4.69) is 10.3 Å². The molecule has 1 N–H and O–H groups in total. The highest BCUT2D eigenvalue weighted by atomic mass is 35.5. The van der Waals surface area contributed by atoms with Gasteiger partial charge < -0.3 is 20.2 Å². The number of hydrogen-bond donors (Lipinski definition) is 1. The predicted molar refractivity (Wildman–Crippen MR) is 91.9 cm³/mol. The molecule has 24 heavy (non-hydrogen) atoms. The molecule has 0 saturated carbocycles. The summed E-state index contributed by atoms with van der Waals surface area (Å²) in [4.78, 5) is 15.9. The van der Waals surface area contributed by atoms with Crippen molar-refractivity contribution in [2.24, 2.45) is 0 Å².